The summed E-state index contributed by atoms with van der Waals surface area (Å²) in [5.74, 6) is 0. The molecule has 2 aliphatic carbocycles. The van der Waals surface area contributed by atoms with Crippen LogP contribution in [0.5, 0.6) is 0 Å². The van der Waals surface area contributed by atoms with Gasteiger partial charge < -0.3 is 0 Å². The quantitative estimate of drug-likeness (QED) is 0.231. The Labute approximate surface area is 220 Å². The second kappa shape index (κ2) is 7.56. The summed E-state index contributed by atoms with van der Waals surface area (Å²) >= 11 is 1.86. The lowest BCUT2D eigenvalue weighted by Crippen LogP contribution is -2.31. The summed E-state index contributed by atoms with van der Waals surface area (Å²) in [6.45, 7) is 23.4. The fourth-order valence-corrected chi connectivity index (χ4v) is 8.11. The molecule has 0 aliphatic heterocycles. The molecule has 0 saturated carbocycles. The van der Waals surface area contributed by atoms with Crippen LogP contribution in [0.1, 0.15) is 91.7 Å². The Balaban J connectivity index is 1.95. The lowest BCUT2D eigenvalue weighted by molar-refractivity contribution is 0.767. The van der Waals surface area contributed by atoms with E-state index in [1.165, 1.54) is 99.1 Å². The minimum absolute atomic E-state index is 0.308. The molecule has 6 rings (SSSR count). The second-order valence-electron chi connectivity index (χ2n) is 11.3. The zero-order valence-electron chi connectivity index (χ0n) is 23.4. The van der Waals surface area contributed by atoms with Crippen molar-refractivity contribution in [3.05, 3.63) is 108 Å². The maximum Gasteiger partial charge on any atom is 0.0659 e. The molecule has 182 valence electrons. The molecule has 0 unspecified atom stereocenters. The van der Waals surface area contributed by atoms with E-state index in [9.17, 15) is 0 Å². The van der Waals surface area contributed by atoms with Crippen molar-refractivity contribution >= 4 is 38.6 Å². The van der Waals surface area contributed by atoms with Crippen LogP contribution in [0.3, 0.4) is 0 Å². The molecule has 1 spiro atoms. The van der Waals surface area contributed by atoms with Crippen LogP contribution in [0, 0.1) is 55.4 Å². The number of hydrogen-bond acceptors (Lipinski definition) is 1. The predicted octanol–water partition coefficient (Wildman–Crippen LogP) is 9.99. The van der Waals surface area contributed by atoms with E-state index in [4.69, 9.17) is 0 Å². The highest BCUT2D eigenvalue weighted by Gasteiger charge is 2.47. The Morgan fingerprint density at radius 3 is 1.61 bits per heavy atom. The third-order valence-corrected chi connectivity index (χ3v) is 10.9. The predicted molar refractivity (Wildman–Crippen MR) is 160 cm³/mol. The average molecular weight is 489 g/mol. The minimum Gasteiger partial charge on any atom is -0.144 e. The Bertz CT molecular complexity index is 1630. The number of allylic oxidation sites excluding steroid dienone is 3. The second-order valence-corrected chi connectivity index (χ2v) is 12.2. The van der Waals surface area contributed by atoms with E-state index in [0.29, 0.717) is 0 Å². The summed E-state index contributed by atoms with van der Waals surface area (Å²) in [6, 6.07) is 7.18. The highest BCUT2D eigenvalue weighted by molar-refractivity contribution is 7.17. The summed E-state index contributed by atoms with van der Waals surface area (Å²) in [6.07, 6.45) is 4.96. The van der Waals surface area contributed by atoms with Crippen molar-refractivity contribution in [2.75, 3.05) is 0 Å². The third-order valence-electron chi connectivity index (χ3n) is 10.0. The van der Waals surface area contributed by atoms with Crippen molar-refractivity contribution in [1.82, 2.24) is 0 Å². The molecule has 1 heterocycles. The first kappa shape index (κ1) is 23.5. The van der Waals surface area contributed by atoms with E-state index in [1.807, 2.05) is 11.3 Å². The monoisotopic (exact) mass is 488 g/mol. The Hall–Kier alpha value is -2.90. The van der Waals surface area contributed by atoms with Crippen molar-refractivity contribution in [1.29, 1.82) is 0 Å². The standard InChI is InChI=1S/C35H36S/c1-17-19(3)25(9)33-31(21(17)5)23(7)24(8)32-22(6)18(2)20(4)26(10)34(32)35(33)13-11-27-15-28-12-14-36-30(28)16-29(27)35/h11-16H,1-10H3. The first-order valence-corrected chi connectivity index (χ1v) is 14.0. The van der Waals surface area contributed by atoms with Gasteiger partial charge in [0.25, 0.3) is 0 Å². The SMILES string of the molecule is CC1=C(C)c2c(C)c(C)c(C)c(C)c2C2(C=Cc3cc4ccsc4cc32)c2c(C)c(C)c(C)c(C)c21. The van der Waals surface area contributed by atoms with Crippen molar-refractivity contribution in [3.8, 4) is 0 Å². The van der Waals surface area contributed by atoms with Gasteiger partial charge in [-0.1, -0.05) is 12.2 Å². The largest absolute Gasteiger partial charge is 0.144 e. The van der Waals surface area contributed by atoms with Crippen LogP contribution in [0.25, 0.3) is 27.3 Å². The Morgan fingerprint density at radius 1 is 0.583 bits per heavy atom. The summed E-state index contributed by atoms with van der Waals surface area (Å²) in [5.41, 5.74) is 22.7. The number of hydrogen-bond donors (Lipinski definition) is 0. The van der Waals surface area contributed by atoms with Gasteiger partial charge in [0.2, 0.25) is 0 Å². The molecule has 4 aromatic rings. The number of benzene rings is 3. The highest BCUT2D eigenvalue weighted by atomic mass is 32.1. The van der Waals surface area contributed by atoms with Gasteiger partial charge in [0.1, 0.15) is 0 Å². The van der Waals surface area contributed by atoms with Gasteiger partial charge in [-0.2, -0.15) is 0 Å². The lowest BCUT2D eigenvalue weighted by atomic mass is 9.64. The van der Waals surface area contributed by atoms with Crippen molar-refractivity contribution in [3.63, 3.8) is 0 Å². The molecule has 0 N–H and O–H groups in total. The molecular weight excluding hydrogens is 452 g/mol. The van der Waals surface area contributed by atoms with E-state index < -0.39 is 0 Å². The Morgan fingerprint density at radius 2 is 1.08 bits per heavy atom. The van der Waals surface area contributed by atoms with Crippen LogP contribution >= 0.6 is 11.3 Å². The summed E-state index contributed by atoms with van der Waals surface area (Å²) in [7, 11) is 0. The molecule has 0 amide bonds. The minimum atomic E-state index is -0.308. The molecule has 0 fully saturated rings. The van der Waals surface area contributed by atoms with E-state index in [2.05, 4.69) is 105 Å². The van der Waals surface area contributed by atoms with Gasteiger partial charge in [-0.3, -0.25) is 0 Å². The van der Waals surface area contributed by atoms with Crippen molar-refractivity contribution < 1.29 is 0 Å². The molecule has 2 aliphatic rings. The van der Waals surface area contributed by atoms with E-state index in [0.717, 1.165) is 0 Å². The number of fused-ring (bicyclic) bond motifs is 7. The molecule has 3 aromatic carbocycles. The van der Waals surface area contributed by atoms with Gasteiger partial charge in [0.05, 0.1) is 5.41 Å². The van der Waals surface area contributed by atoms with Crippen LogP contribution in [0.4, 0.5) is 0 Å². The van der Waals surface area contributed by atoms with Gasteiger partial charge in [-0.05, 0) is 187 Å². The number of thiophene rings is 1. The molecule has 0 radical (unpaired) electrons. The van der Waals surface area contributed by atoms with E-state index in [1.54, 1.807) is 0 Å². The fourth-order valence-electron chi connectivity index (χ4n) is 7.30. The topological polar surface area (TPSA) is 0 Å². The van der Waals surface area contributed by atoms with E-state index in [-0.39, 0.29) is 5.41 Å². The number of rotatable bonds is 0. The van der Waals surface area contributed by atoms with Gasteiger partial charge in [0, 0.05) is 4.70 Å². The molecule has 0 nitrogen and oxygen atoms in total. The van der Waals surface area contributed by atoms with Gasteiger partial charge in [-0.15, -0.1) is 11.3 Å². The van der Waals surface area contributed by atoms with Crippen LogP contribution in [-0.4, -0.2) is 0 Å². The van der Waals surface area contributed by atoms with Crippen LogP contribution < -0.4 is 0 Å². The lowest BCUT2D eigenvalue weighted by Gasteiger charge is -2.38. The Kier molecular flexibility index (Phi) is 4.93. The zero-order valence-corrected chi connectivity index (χ0v) is 24.2. The zero-order chi connectivity index (χ0) is 25.8. The first-order valence-electron chi connectivity index (χ1n) is 13.1. The third kappa shape index (κ3) is 2.65. The average Bonchev–Trinajstić information content (AvgIpc) is 3.45. The van der Waals surface area contributed by atoms with E-state index >= 15 is 0 Å². The summed E-state index contributed by atoms with van der Waals surface area (Å²) in [4.78, 5) is 0. The highest BCUT2D eigenvalue weighted by Crippen LogP contribution is 2.58. The van der Waals surface area contributed by atoms with Crippen LogP contribution in [0.2, 0.25) is 0 Å². The normalized spacial score (nSPS) is 15.5. The van der Waals surface area contributed by atoms with Crippen molar-refractivity contribution in [2.24, 2.45) is 0 Å². The maximum atomic E-state index is 2.55. The molecule has 1 heteroatoms. The van der Waals surface area contributed by atoms with Gasteiger partial charge in [-0.25, -0.2) is 0 Å². The molecule has 1 aromatic heterocycles. The van der Waals surface area contributed by atoms with Gasteiger partial charge >= 0.3 is 0 Å². The molecular formula is C35H36S. The van der Waals surface area contributed by atoms with Gasteiger partial charge in [0.15, 0.2) is 0 Å². The summed E-state index contributed by atoms with van der Waals surface area (Å²) < 4.78 is 1.38. The first-order chi connectivity index (χ1) is 17.0. The van der Waals surface area contributed by atoms with Crippen molar-refractivity contribution in [2.45, 2.75) is 74.7 Å². The van der Waals surface area contributed by atoms with Crippen LogP contribution in [0.15, 0.2) is 29.7 Å². The molecule has 0 saturated heterocycles. The fraction of sp³-hybridized carbons (Fsp3) is 0.314. The summed E-state index contributed by atoms with van der Waals surface area (Å²) in [5, 5.41) is 3.58. The maximum absolute atomic E-state index is 2.55. The molecule has 0 atom stereocenters. The molecule has 0 bridgehead atoms. The molecule has 36 heavy (non-hydrogen) atoms. The van der Waals surface area contributed by atoms with Crippen LogP contribution in [-0.2, 0) is 5.41 Å². The smallest absolute Gasteiger partial charge is 0.0659 e.